The molecule has 0 aliphatic carbocycles. The number of nitrogens with zero attached hydrogens (tertiary/aromatic N) is 1. The molecule has 0 atom stereocenters. The topological polar surface area (TPSA) is 52.0 Å². The number of benzene rings is 1. The van der Waals surface area contributed by atoms with Gasteiger partial charge in [0, 0.05) is 11.4 Å². The summed E-state index contributed by atoms with van der Waals surface area (Å²) in [6.07, 6.45) is 1.11. The quantitative estimate of drug-likeness (QED) is 0.659. The van der Waals surface area contributed by atoms with Crippen molar-refractivity contribution in [2.24, 2.45) is 11.1 Å². The molecule has 2 N–H and O–H groups in total. The number of nitrogens with two attached hydrogens (primary N) is 1. The number of hydrogen-bond donors (Lipinski definition) is 1. The summed E-state index contributed by atoms with van der Waals surface area (Å²) >= 11 is 1.64. The van der Waals surface area contributed by atoms with E-state index in [1.807, 2.05) is 18.2 Å². The van der Waals surface area contributed by atoms with Gasteiger partial charge in [0.1, 0.15) is 5.52 Å². The maximum Gasteiger partial charge on any atom is 0.237 e. The highest BCUT2D eigenvalue weighted by Gasteiger charge is 2.27. The van der Waals surface area contributed by atoms with Gasteiger partial charge in [0.15, 0.2) is 5.58 Å². The average molecular weight is 343 g/mol. The number of aromatic nitrogens is 1. The van der Waals surface area contributed by atoms with Gasteiger partial charge in [0.25, 0.3) is 0 Å². The van der Waals surface area contributed by atoms with Crippen LogP contribution in [0.1, 0.15) is 51.5 Å². The average Bonchev–Trinajstić information content (AvgIpc) is 3.10. The van der Waals surface area contributed by atoms with Crippen molar-refractivity contribution >= 4 is 22.4 Å². The second kappa shape index (κ2) is 6.01. The minimum absolute atomic E-state index is 0.0984. The third-order valence-electron chi connectivity index (χ3n) is 4.21. The summed E-state index contributed by atoms with van der Waals surface area (Å²) in [4.78, 5) is 6.87. The molecule has 0 spiro atoms. The Morgan fingerprint density at radius 2 is 1.83 bits per heavy atom. The first-order valence-electron chi connectivity index (χ1n) is 8.38. The first-order chi connectivity index (χ1) is 11.2. The van der Waals surface area contributed by atoms with E-state index in [4.69, 9.17) is 15.1 Å². The van der Waals surface area contributed by atoms with Crippen LogP contribution in [-0.4, -0.2) is 4.98 Å². The number of oxazole rings is 1. The van der Waals surface area contributed by atoms with Crippen LogP contribution >= 0.6 is 11.3 Å². The Morgan fingerprint density at radius 1 is 1.08 bits per heavy atom. The van der Waals surface area contributed by atoms with E-state index in [2.05, 4.69) is 46.8 Å². The monoisotopic (exact) mass is 342 g/mol. The lowest BCUT2D eigenvalue weighted by Crippen LogP contribution is -2.24. The molecule has 4 heteroatoms. The standard InChI is InChI=1S/C20H26N2OS/c1-19(2,3)12-20(4,5)13-6-8-16-15(10-13)22-18(23-16)17-9-7-14(11-21)24-17/h6-10H,11-12,21H2,1-5H3. The second-order valence-corrected chi connectivity index (χ2v) is 9.46. The van der Waals surface area contributed by atoms with Gasteiger partial charge < -0.3 is 10.2 Å². The van der Waals surface area contributed by atoms with Crippen molar-refractivity contribution < 1.29 is 4.42 Å². The third-order valence-corrected chi connectivity index (χ3v) is 5.31. The van der Waals surface area contributed by atoms with E-state index in [1.54, 1.807) is 11.3 Å². The summed E-state index contributed by atoms with van der Waals surface area (Å²) in [6, 6.07) is 10.5. The fourth-order valence-corrected chi connectivity index (χ4v) is 4.30. The van der Waals surface area contributed by atoms with Crippen molar-refractivity contribution in [3.63, 3.8) is 0 Å². The maximum atomic E-state index is 5.94. The van der Waals surface area contributed by atoms with E-state index in [-0.39, 0.29) is 10.8 Å². The lowest BCUT2D eigenvalue weighted by Gasteiger charge is -2.32. The predicted molar refractivity (Wildman–Crippen MR) is 102 cm³/mol. The Bertz CT molecular complexity index is 852. The van der Waals surface area contributed by atoms with Gasteiger partial charge in [-0.1, -0.05) is 40.7 Å². The van der Waals surface area contributed by atoms with Crippen LogP contribution in [-0.2, 0) is 12.0 Å². The zero-order chi connectivity index (χ0) is 17.5. The molecule has 24 heavy (non-hydrogen) atoms. The fourth-order valence-electron chi connectivity index (χ4n) is 3.48. The van der Waals surface area contributed by atoms with Crippen LogP contribution in [0.3, 0.4) is 0 Å². The molecule has 0 bridgehead atoms. The molecular weight excluding hydrogens is 316 g/mol. The molecule has 1 aromatic carbocycles. The number of rotatable bonds is 4. The summed E-state index contributed by atoms with van der Waals surface area (Å²) < 4.78 is 5.94. The van der Waals surface area contributed by atoms with Crippen molar-refractivity contribution in [1.82, 2.24) is 4.98 Å². The molecule has 0 aliphatic heterocycles. The van der Waals surface area contributed by atoms with Gasteiger partial charge in [0.05, 0.1) is 4.88 Å². The van der Waals surface area contributed by atoms with Crippen LogP contribution in [0.15, 0.2) is 34.7 Å². The Balaban J connectivity index is 1.97. The molecule has 3 aromatic rings. The molecule has 0 amide bonds. The van der Waals surface area contributed by atoms with E-state index < -0.39 is 0 Å². The molecule has 0 aliphatic rings. The highest BCUT2D eigenvalue weighted by Crippen LogP contribution is 2.38. The van der Waals surface area contributed by atoms with Crippen LogP contribution in [0.5, 0.6) is 0 Å². The van der Waals surface area contributed by atoms with E-state index in [0.29, 0.717) is 12.4 Å². The van der Waals surface area contributed by atoms with E-state index in [9.17, 15) is 0 Å². The zero-order valence-corrected chi connectivity index (χ0v) is 16.0. The van der Waals surface area contributed by atoms with Crippen molar-refractivity contribution in [2.45, 2.75) is 53.0 Å². The SMILES string of the molecule is CC(C)(C)CC(C)(C)c1ccc2oc(-c3ccc(CN)s3)nc2c1. The maximum absolute atomic E-state index is 5.94. The molecule has 2 heterocycles. The van der Waals surface area contributed by atoms with E-state index in [0.717, 1.165) is 27.3 Å². The van der Waals surface area contributed by atoms with Gasteiger partial charge in [-0.25, -0.2) is 4.98 Å². The van der Waals surface area contributed by atoms with Gasteiger partial charge in [-0.05, 0) is 47.1 Å². The lowest BCUT2D eigenvalue weighted by atomic mass is 9.72. The van der Waals surface area contributed by atoms with Crippen molar-refractivity contribution in [3.05, 3.63) is 40.8 Å². The zero-order valence-electron chi connectivity index (χ0n) is 15.1. The molecule has 3 nitrogen and oxygen atoms in total. The van der Waals surface area contributed by atoms with Crippen molar-refractivity contribution in [1.29, 1.82) is 0 Å². The molecular formula is C20H26N2OS. The second-order valence-electron chi connectivity index (χ2n) is 8.29. The molecule has 0 unspecified atom stereocenters. The molecule has 3 rings (SSSR count). The van der Waals surface area contributed by atoms with Gasteiger partial charge in [-0.2, -0.15) is 0 Å². The number of hydrogen-bond acceptors (Lipinski definition) is 4. The minimum atomic E-state index is 0.0984. The lowest BCUT2D eigenvalue weighted by molar-refractivity contribution is 0.284. The molecule has 0 saturated heterocycles. The largest absolute Gasteiger partial charge is 0.435 e. The number of fused-ring (bicyclic) bond motifs is 1. The fraction of sp³-hybridized carbons (Fsp3) is 0.450. The summed E-state index contributed by atoms with van der Waals surface area (Å²) in [5.41, 5.74) is 9.14. The first-order valence-corrected chi connectivity index (χ1v) is 9.20. The Labute approximate surface area is 147 Å². The van der Waals surface area contributed by atoms with Gasteiger partial charge in [-0.15, -0.1) is 11.3 Å². The molecule has 128 valence electrons. The van der Waals surface area contributed by atoms with Gasteiger partial charge >= 0.3 is 0 Å². The molecule has 2 aromatic heterocycles. The highest BCUT2D eigenvalue weighted by atomic mass is 32.1. The van der Waals surface area contributed by atoms with Crippen molar-refractivity contribution in [2.75, 3.05) is 0 Å². The van der Waals surface area contributed by atoms with Crippen molar-refractivity contribution in [3.8, 4) is 10.8 Å². The van der Waals surface area contributed by atoms with Crippen LogP contribution in [0, 0.1) is 5.41 Å². The Hall–Kier alpha value is -1.65. The normalized spacial score (nSPS) is 12.9. The van der Waals surface area contributed by atoms with Crippen LogP contribution in [0.25, 0.3) is 21.9 Å². The van der Waals surface area contributed by atoms with Crippen LogP contribution < -0.4 is 5.73 Å². The van der Waals surface area contributed by atoms with Gasteiger partial charge in [-0.3, -0.25) is 0 Å². The smallest absolute Gasteiger partial charge is 0.237 e. The van der Waals surface area contributed by atoms with E-state index in [1.165, 1.54) is 5.56 Å². The summed E-state index contributed by atoms with van der Waals surface area (Å²) in [5, 5.41) is 0. The molecule has 0 radical (unpaired) electrons. The molecule has 0 fully saturated rings. The first kappa shape index (κ1) is 17.2. The highest BCUT2D eigenvalue weighted by molar-refractivity contribution is 7.15. The Kier molecular flexibility index (Phi) is 4.30. The predicted octanol–water partition coefficient (Wildman–Crippen LogP) is 5.73. The van der Waals surface area contributed by atoms with Crippen LogP contribution in [0.4, 0.5) is 0 Å². The summed E-state index contributed by atoms with van der Waals surface area (Å²) in [7, 11) is 0. The minimum Gasteiger partial charge on any atom is -0.435 e. The van der Waals surface area contributed by atoms with Gasteiger partial charge in [0.2, 0.25) is 5.89 Å². The molecule has 0 saturated carbocycles. The van der Waals surface area contributed by atoms with Crippen LogP contribution in [0.2, 0.25) is 0 Å². The van der Waals surface area contributed by atoms with E-state index >= 15 is 0 Å². The number of thiophene rings is 1. The summed E-state index contributed by atoms with van der Waals surface area (Å²) in [6.45, 7) is 12.0. The summed E-state index contributed by atoms with van der Waals surface area (Å²) in [5.74, 6) is 0.681. The Morgan fingerprint density at radius 3 is 2.46 bits per heavy atom. The third kappa shape index (κ3) is 3.55.